The van der Waals surface area contributed by atoms with Crippen molar-refractivity contribution < 1.29 is 14.3 Å². The number of aromatic nitrogens is 14. The molecule has 0 bridgehead atoms. The number of aryl methyl sites for hydroxylation is 3. The van der Waals surface area contributed by atoms with Crippen LogP contribution in [0.3, 0.4) is 0 Å². The summed E-state index contributed by atoms with van der Waals surface area (Å²) in [6.07, 6.45) is 13.3. The SMILES string of the molecule is Cc1nc(N2CC3CC3C2)ncc1Cn1cc(C(=O)N[C@@H]2CCc3c2n[nH]c3C)nn1.Cc1nc(N2CC3CC3C2)ncc1Cn1cc(C(=O)N[C@@H]2CCc3c2nn(COCC[Si](C)(C)C)c3C)nn1. The number of piperidine rings is 2. The zero-order chi connectivity index (χ0) is 48.4. The van der Waals surface area contributed by atoms with Gasteiger partial charge < -0.3 is 25.2 Å². The Morgan fingerprint density at radius 3 is 1.76 bits per heavy atom. The fourth-order valence-corrected chi connectivity index (χ4v) is 11.3. The van der Waals surface area contributed by atoms with Crippen LogP contribution in [-0.4, -0.2) is 123 Å². The van der Waals surface area contributed by atoms with Crippen molar-refractivity contribution in [1.29, 1.82) is 0 Å². The second kappa shape index (κ2) is 18.4. The second-order valence-electron chi connectivity index (χ2n) is 21.6. The van der Waals surface area contributed by atoms with Gasteiger partial charge >= 0.3 is 0 Å². The standard InChI is InChI=1S/C27H39N9O2Si.C21H25N9O/c1-17-21(11-28-27(29-17)34-12-19-10-20(19)13-34)14-35-15-24(31-33-35)26(37)30-23-7-6-22-18(2)36(32-25(22)23)16-38-8-9-39(3,4)5;1-11-15(6-22-21(23-11)29-7-13-5-14(13)8-29)9-30-10-18(26-28-30)20(31)24-17-4-3-16-12(2)25-27-19(16)17/h11,15,19-20,23H,6-10,12-14,16H2,1-5H3,(H,30,37);6,10,13-14,17H,3-5,7-9H2,1-2H3,(H,24,31)(H,25,27)/t19?,20?,23-;13?,14?,17-/m11/s1. The van der Waals surface area contributed by atoms with Crippen LogP contribution in [-0.2, 0) is 37.4 Å². The number of H-pyrrole nitrogens is 1. The van der Waals surface area contributed by atoms with Crippen LogP contribution in [0.5, 0.6) is 0 Å². The van der Waals surface area contributed by atoms with E-state index in [1.165, 1.54) is 24.0 Å². The molecule has 21 nitrogen and oxygen atoms in total. The molecule has 2 aliphatic heterocycles. The first kappa shape index (κ1) is 46.0. The van der Waals surface area contributed by atoms with Crippen LogP contribution < -0.4 is 20.4 Å². The van der Waals surface area contributed by atoms with E-state index in [9.17, 15) is 9.59 Å². The van der Waals surface area contributed by atoms with E-state index < -0.39 is 8.07 Å². The van der Waals surface area contributed by atoms with Crippen molar-refractivity contribution >= 4 is 31.8 Å². The molecule has 70 heavy (non-hydrogen) atoms. The van der Waals surface area contributed by atoms with E-state index in [0.717, 1.165) is 145 Å². The summed E-state index contributed by atoms with van der Waals surface area (Å²) in [5.74, 6) is 4.51. The van der Waals surface area contributed by atoms with Crippen molar-refractivity contribution in [2.45, 2.75) is 124 Å². The van der Waals surface area contributed by atoms with Crippen molar-refractivity contribution in [1.82, 2.24) is 80.5 Å². The van der Waals surface area contributed by atoms with Gasteiger partial charge in [0.25, 0.3) is 11.8 Å². The Morgan fingerprint density at radius 1 is 0.729 bits per heavy atom. The predicted octanol–water partition coefficient (Wildman–Crippen LogP) is 4.45. The lowest BCUT2D eigenvalue weighted by Crippen LogP contribution is -2.28. The normalized spacial score (nSPS) is 22.6. The maximum absolute atomic E-state index is 13.0. The topological polar surface area (TPSA) is 233 Å². The third-order valence-electron chi connectivity index (χ3n) is 15.2. The predicted molar refractivity (Wildman–Crippen MR) is 261 cm³/mol. The molecule has 6 aromatic heterocycles. The van der Waals surface area contributed by atoms with Crippen LogP contribution in [0, 0.1) is 51.4 Å². The van der Waals surface area contributed by atoms with Gasteiger partial charge in [0.1, 0.15) is 6.73 Å². The third-order valence-corrected chi connectivity index (χ3v) is 16.9. The molecule has 12 rings (SSSR count). The number of anilines is 2. The number of amides is 2. The van der Waals surface area contributed by atoms with Gasteiger partial charge in [-0.2, -0.15) is 10.2 Å². The number of aromatic amines is 1. The van der Waals surface area contributed by atoms with Crippen molar-refractivity contribution in [3.8, 4) is 0 Å². The Labute approximate surface area is 408 Å². The van der Waals surface area contributed by atoms with E-state index in [0.29, 0.717) is 31.2 Å². The lowest BCUT2D eigenvalue weighted by molar-refractivity contribution is 0.0764. The second-order valence-corrected chi connectivity index (χ2v) is 27.2. The van der Waals surface area contributed by atoms with Gasteiger partial charge in [0.15, 0.2) is 11.4 Å². The Balaban J connectivity index is 0.000000156. The molecule has 2 saturated heterocycles. The highest BCUT2D eigenvalue weighted by molar-refractivity contribution is 6.76. The summed E-state index contributed by atoms with van der Waals surface area (Å²) in [5, 5.41) is 34.8. The summed E-state index contributed by atoms with van der Waals surface area (Å²) in [7, 11) is -1.13. The average Bonchev–Trinajstić information content (AvgIpc) is 3.92. The number of ether oxygens (including phenoxy) is 1. The van der Waals surface area contributed by atoms with Crippen LogP contribution in [0.1, 0.15) is 115 Å². The van der Waals surface area contributed by atoms with Crippen molar-refractivity contribution in [3.05, 3.63) is 92.6 Å². The van der Waals surface area contributed by atoms with Gasteiger partial charge in [-0.25, -0.2) is 34.0 Å². The highest BCUT2D eigenvalue weighted by Gasteiger charge is 2.47. The number of nitrogens with one attached hydrogen (secondary N) is 3. The highest BCUT2D eigenvalue weighted by atomic mass is 28.3. The lowest BCUT2D eigenvalue weighted by Gasteiger charge is -2.18. The zero-order valence-corrected chi connectivity index (χ0v) is 42.3. The van der Waals surface area contributed by atoms with E-state index >= 15 is 0 Å². The van der Waals surface area contributed by atoms with Gasteiger partial charge in [-0.15, -0.1) is 10.2 Å². The van der Waals surface area contributed by atoms with E-state index in [1.807, 2.05) is 37.8 Å². The molecule has 0 radical (unpaired) electrons. The van der Waals surface area contributed by atoms with E-state index in [1.54, 1.807) is 21.8 Å². The molecule has 2 amide bonds. The number of carbonyl (C=O) groups is 2. The van der Waals surface area contributed by atoms with Crippen molar-refractivity contribution in [3.63, 3.8) is 0 Å². The number of nitrogens with zero attached hydrogens (tertiary/aromatic N) is 15. The summed E-state index contributed by atoms with van der Waals surface area (Å²) >= 11 is 0. The smallest absolute Gasteiger partial charge is 0.274 e. The van der Waals surface area contributed by atoms with Crippen LogP contribution in [0.4, 0.5) is 11.9 Å². The lowest BCUT2D eigenvalue weighted by atomic mass is 10.2. The molecule has 6 aromatic rings. The van der Waals surface area contributed by atoms with E-state index in [4.69, 9.17) is 19.8 Å². The molecule has 4 fully saturated rings. The molecule has 0 spiro atoms. The summed E-state index contributed by atoms with van der Waals surface area (Å²) in [6.45, 7) is 21.5. The van der Waals surface area contributed by atoms with Gasteiger partial charge in [0.2, 0.25) is 11.9 Å². The minimum atomic E-state index is -1.13. The van der Waals surface area contributed by atoms with Crippen LogP contribution in [0.25, 0.3) is 0 Å². The number of carbonyl (C=O) groups excluding carboxylic acids is 2. The molecule has 0 aromatic carbocycles. The van der Waals surface area contributed by atoms with Gasteiger partial charge in [-0.1, -0.05) is 30.1 Å². The molecule has 3 N–H and O–H groups in total. The fraction of sp³-hybridized carbons (Fsp3) is 0.583. The van der Waals surface area contributed by atoms with Gasteiger partial charge in [-0.3, -0.25) is 14.7 Å². The summed E-state index contributed by atoms with van der Waals surface area (Å²) in [6, 6.07) is 0.903. The Hall–Kier alpha value is -6.42. The molecular weight excluding hydrogens is 905 g/mol. The van der Waals surface area contributed by atoms with Crippen molar-refractivity contribution in [2.24, 2.45) is 23.7 Å². The summed E-state index contributed by atoms with van der Waals surface area (Å²) in [5.41, 5.74) is 10.9. The molecule has 368 valence electrons. The Morgan fingerprint density at radius 2 is 1.24 bits per heavy atom. The molecule has 4 unspecified atom stereocenters. The molecule has 22 heteroatoms. The van der Waals surface area contributed by atoms with E-state index in [-0.39, 0.29) is 23.9 Å². The Kier molecular flexibility index (Phi) is 12.1. The molecular formula is C48H64N18O3Si. The maximum Gasteiger partial charge on any atom is 0.274 e. The summed E-state index contributed by atoms with van der Waals surface area (Å²) in [4.78, 5) is 48.9. The number of fused-ring (bicyclic) bond motifs is 4. The van der Waals surface area contributed by atoms with Crippen LogP contribution in [0.15, 0.2) is 24.8 Å². The fourth-order valence-electron chi connectivity index (χ4n) is 10.5. The molecule has 2 saturated carbocycles. The van der Waals surface area contributed by atoms with Gasteiger partial charge in [-0.05, 0) is 107 Å². The highest BCUT2D eigenvalue weighted by Crippen LogP contribution is 2.46. The minimum absolute atomic E-state index is 0.0857. The first-order chi connectivity index (χ1) is 33.7. The first-order valence-corrected chi connectivity index (χ1v) is 28.6. The molecule has 4 aliphatic carbocycles. The first-order valence-electron chi connectivity index (χ1n) is 24.9. The largest absolute Gasteiger partial charge is 0.360 e. The van der Waals surface area contributed by atoms with Gasteiger partial charge in [0, 0.05) is 87.2 Å². The third kappa shape index (κ3) is 9.71. The quantitative estimate of drug-likeness (QED) is 0.0954. The Bertz CT molecular complexity index is 2910. The number of rotatable bonds is 15. The van der Waals surface area contributed by atoms with Crippen LogP contribution in [0.2, 0.25) is 25.7 Å². The minimum Gasteiger partial charge on any atom is -0.360 e. The average molecular weight is 969 g/mol. The van der Waals surface area contributed by atoms with Crippen LogP contribution >= 0.6 is 0 Å². The van der Waals surface area contributed by atoms with E-state index in [2.05, 4.69) is 87.8 Å². The number of hydrogen-bond donors (Lipinski definition) is 3. The molecule has 6 aliphatic rings. The number of hydrogen-bond acceptors (Lipinski definition) is 15. The monoisotopic (exact) mass is 969 g/mol. The zero-order valence-electron chi connectivity index (χ0n) is 41.3. The maximum atomic E-state index is 13.0. The van der Waals surface area contributed by atoms with Crippen molar-refractivity contribution in [2.75, 3.05) is 42.6 Å². The molecule has 6 atom stereocenters. The summed E-state index contributed by atoms with van der Waals surface area (Å²) < 4.78 is 11.2. The van der Waals surface area contributed by atoms with Gasteiger partial charge in [0.05, 0.1) is 49.0 Å². The molecule has 8 heterocycles.